The highest BCUT2D eigenvalue weighted by molar-refractivity contribution is 5.83. The van der Waals surface area contributed by atoms with E-state index in [9.17, 15) is 4.79 Å². The van der Waals surface area contributed by atoms with Crippen LogP contribution in [0.25, 0.3) is 10.8 Å². The molecule has 0 spiro atoms. The zero-order valence-electron chi connectivity index (χ0n) is 9.50. The van der Waals surface area contributed by atoms with Crippen LogP contribution in [-0.2, 0) is 9.53 Å². The molecule has 0 aliphatic carbocycles. The van der Waals surface area contributed by atoms with Gasteiger partial charge in [0.1, 0.15) is 12.4 Å². The van der Waals surface area contributed by atoms with E-state index in [1.807, 2.05) is 12.1 Å². The Labute approximate surface area is 100 Å². The van der Waals surface area contributed by atoms with Gasteiger partial charge in [-0.2, -0.15) is 0 Å². The van der Waals surface area contributed by atoms with Crippen molar-refractivity contribution in [1.82, 2.24) is 0 Å². The fraction of sp³-hybridized carbons (Fsp3) is 0.267. The van der Waals surface area contributed by atoms with Crippen molar-refractivity contribution in [3.63, 3.8) is 0 Å². The molecule has 86 valence electrons. The van der Waals surface area contributed by atoms with E-state index >= 15 is 0 Å². The lowest BCUT2D eigenvalue weighted by molar-refractivity contribution is -0.117. The molecule has 3 rings (SSSR count). The van der Waals surface area contributed by atoms with Gasteiger partial charge in [-0.05, 0) is 35.2 Å². The van der Waals surface area contributed by atoms with Crippen LogP contribution in [0.1, 0.15) is 24.5 Å². The highest BCUT2D eigenvalue weighted by atomic mass is 16.5. The zero-order chi connectivity index (χ0) is 11.7. The van der Waals surface area contributed by atoms with Crippen molar-refractivity contribution >= 4 is 17.1 Å². The molecule has 0 radical (unpaired) electrons. The summed E-state index contributed by atoms with van der Waals surface area (Å²) in [5.74, 6) is 0. The number of benzene rings is 2. The summed E-state index contributed by atoms with van der Waals surface area (Å²) in [5.41, 5.74) is 1.17. The van der Waals surface area contributed by atoms with Crippen molar-refractivity contribution < 1.29 is 9.53 Å². The summed E-state index contributed by atoms with van der Waals surface area (Å²) in [7, 11) is 0. The van der Waals surface area contributed by atoms with E-state index in [2.05, 4.69) is 30.3 Å². The fourth-order valence-corrected chi connectivity index (χ4v) is 2.42. The quantitative estimate of drug-likeness (QED) is 0.735. The molecule has 1 aliphatic heterocycles. The van der Waals surface area contributed by atoms with Crippen molar-refractivity contribution in [1.29, 1.82) is 0 Å². The van der Waals surface area contributed by atoms with Crippen molar-refractivity contribution in [2.45, 2.75) is 25.0 Å². The van der Waals surface area contributed by atoms with Gasteiger partial charge in [-0.3, -0.25) is 0 Å². The Hall–Kier alpha value is -1.67. The Morgan fingerprint density at radius 1 is 1.06 bits per heavy atom. The van der Waals surface area contributed by atoms with E-state index in [-0.39, 0.29) is 12.2 Å². The molecule has 2 heteroatoms. The van der Waals surface area contributed by atoms with Crippen molar-refractivity contribution in [3.8, 4) is 0 Å². The van der Waals surface area contributed by atoms with Crippen LogP contribution < -0.4 is 0 Å². The largest absolute Gasteiger partial charge is 0.363 e. The molecule has 0 N–H and O–H groups in total. The lowest BCUT2D eigenvalue weighted by Crippen LogP contribution is -2.07. The molecule has 1 fully saturated rings. The Balaban J connectivity index is 1.93. The lowest BCUT2D eigenvalue weighted by Gasteiger charge is -2.11. The smallest absolute Gasteiger partial charge is 0.148 e. The molecule has 0 bridgehead atoms. The third-order valence-electron chi connectivity index (χ3n) is 3.35. The number of carbonyl (C=O) groups excluding carboxylic acids is 1. The number of carbonyl (C=O) groups is 1. The molecule has 0 amide bonds. The average molecular weight is 226 g/mol. The molecule has 0 aromatic heterocycles. The minimum absolute atomic E-state index is 0.0785. The summed E-state index contributed by atoms with van der Waals surface area (Å²) in [4.78, 5) is 10.7. The highest BCUT2D eigenvalue weighted by Gasteiger charge is 2.25. The number of hydrogen-bond acceptors (Lipinski definition) is 2. The number of fused-ring (bicyclic) bond motifs is 1. The number of rotatable bonds is 2. The van der Waals surface area contributed by atoms with E-state index in [0.717, 1.165) is 19.1 Å². The number of hydrogen-bond donors (Lipinski definition) is 0. The van der Waals surface area contributed by atoms with Crippen LogP contribution in [0.4, 0.5) is 0 Å². The second kappa shape index (κ2) is 4.30. The summed E-state index contributed by atoms with van der Waals surface area (Å²) in [6, 6.07) is 14.6. The molecule has 1 aliphatic rings. The van der Waals surface area contributed by atoms with E-state index in [1.54, 1.807) is 0 Å². The van der Waals surface area contributed by atoms with Gasteiger partial charge in [0.2, 0.25) is 0 Å². The van der Waals surface area contributed by atoms with E-state index in [0.29, 0.717) is 0 Å². The lowest BCUT2D eigenvalue weighted by atomic mass is 10.0. The molecule has 0 unspecified atom stereocenters. The van der Waals surface area contributed by atoms with Crippen LogP contribution in [0.2, 0.25) is 0 Å². The van der Waals surface area contributed by atoms with Crippen molar-refractivity contribution in [2.75, 3.05) is 0 Å². The van der Waals surface area contributed by atoms with Gasteiger partial charge in [0.05, 0.1) is 6.10 Å². The van der Waals surface area contributed by atoms with Crippen LogP contribution >= 0.6 is 0 Å². The van der Waals surface area contributed by atoms with Crippen LogP contribution in [0, 0.1) is 0 Å². The fourth-order valence-electron chi connectivity index (χ4n) is 2.42. The van der Waals surface area contributed by atoms with Gasteiger partial charge in [-0.25, -0.2) is 0 Å². The molecule has 2 aromatic carbocycles. The van der Waals surface area contributed by atoms with E-state index in [4.69, 9.17) is 4.74 Å². The molecule has 2 aromatic rings. The first kappa shape index (κ1) is 10.5. The Bertz CT molecular complexity index is 547. The van der Waals surface area contributed by atoms with Gasteiger partial charge in [0.25, 0.3) is 0 Å². The summed E-state index contributed by atoms with van der Waals surface area (Å²) >= 11 is 0. The average Bonchev–Trinajstić information content (AvgIpc) is 2.87. The maximum Gasteiger partial charge on any atom is 0.148 e. The van der Waals surface area contributed by atoms with Crippen LogP contribution in [0.15, 0.2) is 42.5 Å². The normalized spacial score (nSPS) is 24.0. The molecule has 2 atom stereocenters. The van der Waals surface area contributed by atoms with Crippen LogP contribution in [0.5, 0.6) is 0 Å². The van der Waals surface area contributed by atoms with Gasteiger partial charge in [0.15, 0.2) is 0 Å². The van der Waals surface area contributed by atoms with Gasteiger partial charge in [-0.15, -0.1) is 0 Å². The van der Waals surface area contributed by atoms with Gasteiger partial charge < -0.3 is 9.53 Å². The molecule has 2 nitrogen and oxygen atoms in total. The van der Waals surface area contributed by atoms with Crippen molar-refractivity contribution in [2.24, 2.45) is 0 Å². The van der Waals surface area contributed by atoms with Crippen LogP contribution in [0.3, 0.4) is 0 Å². The topological polar surface area (TPSA) is 26.3 Å². The number of ether oxygens (including phenoxy) is 1. The van der Waals surface area contributed by atoms with E-state index < -0.39 is 0 Å². The molecule has 1 heterocycles. The number of aldehydes is 1. The molecule has 0 saturated carbocycles. The third kappa shape index (κ3) is 1.96. The third-order valence-corrected chi connectivity index (χ3v) is 3.35. The second-order valence-electron chi connectivity index (χ2n) is 4.48. The minimum atomic E-state index is -0.216. The summed E-state index contributed by atoms with van der Waals surface area (Å²) in [6.45, 7) is 0. The minimum Gasteiger partial charge on any atom is -0.363 e. The zero-order valence-corrected chi connectivity index (χ0v) is 9.50. The van der Waals surface area contributed by atoms with Crippen molar-refractivity contribution in [3.05, 3.63) is 48.0 Å². The first-order valence-electron chi connectivity index (χ1n) is 5.96. The maximum absolute atomic E-state index is 10.7. The van der Waals surface area contributed by atoms with Gasteiger partial charge in [-0.1, -0.05) is 36.4 Å². The monoisotopic (exact) mass is 226 g/mol. The summed E-state index contributed by atoms with van der Waals surface area (Å²) in [6.07, 6.45) is 2.53. The standard InChI is InChI=1S/C15H14O2/c16-10-14-7-8-15(17-14)13-6-5-11-3-1-2-4-12(11)9-13/h1-6,9-10,14-15H,7-8H2/t14-,15-/m1/s1. The molecule has 17 heavy (non-hydrogen) atoms. The first-order valence-corrected chi connectivity index (χ1v) is 5.96. The molecular weight excluding hydrogens is 212 g/mol. The Kier molecular flexibility index (Phi) is 2.65. The second-order valence-corrected chi connectivity index (χ2v) is 4.48. The molecule has 1 saturated heterocycles. The predicted octanol–water partition coefficient (Wildman–Crippen LogP) is 3.26. The maximum atomic E-state index is 10.7. The highest BCUT2D eigenvalue weighted by Crippen LogP contribution is 2.33. The van der Waals surface area contributed by atoms with Gasteiger partial charge in [0, 0.05) is 0 Å². The molecular formula is C15H14O2. The summed E-state index contributed by atoms with van der Waals surface area (Å²) < 4.78 is 5.68. The van der Waals surface area contributed by atoms with Gasteiger partial charge >= 0.3 is 0 Å². The Morgan fingerprint density at radius 2 is 1.88 bits per heavy atom. The Morgan fingerprint density at radius 3 is 2.65 bits per heavy atom. The SMILES string of the molecule is O=C[C@H]1CC[C@H](c2ccc3ccccc3c2)O1. The van der Waals surface area contributed by atoms with Crippen LogP contribution in [-0.4, -0.2) is 12.4 Å². The summed E-state index contributed by atoms with van der Waals surface area (Å²) in [5, 5.41) is 2.46. The predicted molar refractivity (Wildman–Crippen MR) is 66.9 cm³/mol. The first-order chi connectivity index (χ1) is 8.36. The van der Waals surface area contributed by atoms with E-state index in [1.165, 1.54) is 16.3 Å².